The summed E-state index contributed by atoms with van der Waals surface area (Å²) < 4.78 is 170. The summed E-state index contributed by atoms with van der Waals surface area (Å²) in [4.78, 5) is 10.6. The molecule has 0 bridgehead atoms. The SMILES string of the molecule is C=CC(=O)OCC(O)CC(F)(F)C(F)(F)C(F)(C(F)(F)F)C(F)(F)F.C=CS(=O)(=O)O. The molecule has 18 heteroatoms. The quantitative estimate of drug-likeness (QED) is 0.226. The summed E-state index contributed by atoms with van der Waals surface area (Å²) in [5.41, 5.74) is -7.59. The Balaban J connectivity index is 0. The number of rotatable bonds is 8. The summed E-state index contributed by atoms with van der Waals surface area (Å²) in [6, 6.07) is 0. The zero-order valence-corrected chi connectivity index (χ0v) is 15.5. The predicted octanol–water partition coefficient (Wildman–Crippen LogP) is 3.59. The van der Waals surface area contributed by atoms with Crippen molar-refractivity contribution in [3.05, 3.63) is 24.6 Å². The van der Waals surface area contributed by atoms with E-state index in [4.69, 9.17) is 9.66 Å². The van der Waals surface area contributed by atoms with Gasteiger partial charge in [-0.3, -0.25) is 4.55 Å². The maximum Gasteiger partial charge on any atom is 0.438 e. The Morgan fingerprint density at radius 2 is 1.29 bits per heavy atom. The Labute approximate surface area is 166 Å². The first-order valence-electron chi connectivity index (χ1n) is 7.06. The molecule has 1 unspecified atom stereocenters. The molecule has 0 fully saturated rings. The predicted molar refractivity (Wildman–Crippen MR) is 79.4 cm³/mol. The van der Waals surface area contributed by atoms with E-state index in [0.717, 1.165) is 0 Å². The molecular weight excluding hydrogens is 493 g/mol. The van der Waals surface area contributed by atoms with Crippen LogP contribution in [0.25, 0.3) is 0 Å². The van der Waals surface area contributed by atoms with E-state index in [2.05, 4.69) is 17.9 Å². The van der Waals surface area contributed by atoms with Gasteiger partial charge < -0.3 is 9.84 Å². The van der Waals surface area contributed by atoms with Gasteiger partial charge in [0.2, 0.25) is 0 Å². The number of hydrogen-bond donors (Lipinski definition) is 2. The van der Waals surface area contributed by atoms with E-state index in [1.807, 2.05) is 0 Å². The van der Waals surface area contributed by atoms with E-state index in [-0.39, 0.29) is 0 Å². The largest absolute Gasteiger partial charge is 0.460 e. The van der Waals surface area contributed by atoms with Crippen LogP contribution in [0.3, 0.4) is 0 Å². The zero-order valence-electron chi connectivity index (χ0n) is 14.7. The number of hydrogen-bond acceptors (Lipinski definition) is 5. The molecule has 0 aliphatic carbocycles. The highest BCUT2D eigenvalue weighted by atomic mass is 32.2. The number of esters is 1. The summed E-state index contributed by atoms with van der Waals surface area (Å²) in [6.45, 7) is 4.12. The lowest BCUT2D eigenvalue weighted by atomic mass is 9.88. The number of aliphatic hydroxyl groups is 1. The minimum Gasteiger partial charge on any atom is -0.460 e. The molecule has 0 radical (unpaired) electrons. The number of alkyl halides is 11. The van der Waals surface area contributed by atoms with Crippen molar-refractivity contribution in [1.29, 1.82) is 0 Å². The molecule has 0 aromatic heterocycles. The first kappa shape index (κ1) is 31.2. The van der Waals surface area contributed by atoms with Crippen LogP contribution in [-0.4, -0.2) is 66.6 Å². The number of carbonyl (C=O) groups is 1. The third-order valence-electron chi connectivity index (χ3n) is 2.96. The average Bonchev–Trinajstić information content (AvgIpc) is 2.56. The van der Waals surface area contributed by atoms with Gasteiger partial charge in [0.15, 0.2) is 0 Å². The van der Waals surface area contributed by atoms with E-state index in [1.165, 1.54) is 0 Å². The van der Waals surface area contributed by atoms with E-state index >= 15 is 0 Å². The summed E-state index contributed by atoms with van der Waals surface area (Å²) in [7, 11) is -3.90. The van der Waals surface area contributed by atoms with E-state index < -0.39 is 65.1 Å². The van der Waals surface area contributed by atoms with Gasteiger partial charge in [0.1, 0.15) is 6.61 Å². The number of halogens is 11. The molecule has 0 aliphatic rings. The Morgan fingerprint density at radius 1 is 0.935 bits per heavy atom. The average molecular weight is 506 g/mol. The molecule has 0 saturated heterocycles. The van der Waals surface area contributed by atoms with Crippen molar-refractivity contribution in [2.24, 2.45) is 0 Å². The standard InChI is InChI=1S/C11H9F11O3.C2H4O3S/c1-2-6(24)25-4-5(23)3-7(12,13)9(15,16)8(14,10(17,18)19)11(20,21)22;1-2-6(3,4)5/h2,5,23H,1,3-4H2;2H,1H2,(H,3,4,5). The van der Waals surface area contributed by atoms with Crippen LogP contribution in [0, 0.1) is 0 Å². The number of ether oxygens (including phenoxy) is 1. The summed E-state index contributed by atoms with van der Waals surface area (Å²) in [5.74, 6) is -15.0. The molecule has 2 N–H and O–H groups in total. The van der Waals surface area contributed by atoms with Crippen LogP contribution < -0.4 is 0 Å². The molecule has 6 nitrogen and oxygen atoms in total. The molecule has 0 aromatic carbocycles. The van der Waals surface area contributed by atoms with Crippen LogP contribution in [0.1, 0.15) is 6.42 Å². The van der Waals surface area contributed by atoms with Crippen LogP contribution in [0.4, 0.5) is 48.3 Å². The summed E-state index contributed by atoms with van der Waals surface area (Å²) in [5, 5.41) is 9.42. The zero-order chi connectivity index (χ0) is 25.7. The van der Waals surface area contributed by atoms with Gasteiger partial charge in [-0.05, 0) is 0 Å². The van der Waals surface area contributed by atoms with Gasteiger partial charge in [0.05, 0.1) is 11.5 Å². The van der Waals surface area contributed by atoms with Gasteiger partial charge in [0.25, 0.3) is 10.1 Å². The molecule has 184 valence electrons. The van der Waals surface area contributed by atoms with E-state index in [0.29, 0.717) is 11.5 Å². The van der Waals surface area contributed by atoms with Gasteiger partial charge in [-0.25, -0.2) is 9.18 Å². The second-order valence-electron chi connectivity index (χ2n) is 5.31. The van der Waals surface area contributed by atoms with Crippen molar-refractivity contribution in [3.63, 3.8) is 0 Å². The maximum absolute atomic E-state index is 13.3. The smallest absolute Gasteiger partial charge is 0.438 e. The first-order chi connectivity index (χ1) is 13.4. The highest BCUT2D eigenvalue weighted by molar-refractivity contribution is 7.88. The fourth-order valence-electron chi connectivity index (χ4n) is 1.49. The second-order valence-corrected chi connectivity index (χ2v) is 6.67. The van der Waals surface area contributed by atoms with Crippen LogP contribution >= 0.6 is 0 Å². The Hall–Kier alpha value is -1.95. The lowest BCUT2D eigenvalue weighted by Gasteiger charge is -2.40. The first-order valence-corrected chi connectivity index (χ1v) is 8.56. The van der Waals surface area contributed by atoms with Gasteiger partial charge in [-0.1, -0.05) is 13.2 Å². The van der Waals surface area contributed by atoms with Crippen molar-refractivity contribution >= 4 is 16.1 Å². The molecular formula is C13H13F11O6S. The van der Waals surface area contributed by atoms with E-state index in [9.17, 15) is 61.5 Å². The molecule has 0 aromatic rings. The van der Waals surface area contributed by atoms with Crippen molar-refractivity contribution in [3.8, 4) is 0 Å². The highest BCUT2D eigenvalue weighted by Gasteiger charge is 2.89. The minimum absolute atomic E-state index is 0.430. The van der Waals surface area contributed by atoms with Gasteiger partial charge in [0, 0.05) is 12.5 Å². The maximum atomic E-state index is 13.3. The van der Waals surface area contributed by atoms with Crippen LogP contribution in [0.2, 0.25) is 0 Å². The Bertz CT molecular complexity index is 716. The lowest BCUT2D eigenvalue weighted by Crippen LogP contribution is -2.70. The van der Waals surface area contributed by atoms with Gasteiger partial charge >= 0.3 is 35.8 Å². The third-order valence-corrected chi connectivity index (χ3v) is 3.38. The molecule has 0 spiro atoms. The van der Waals surface area contributed by atoms with Crippen molar-refractivity contribution < 1.29 is 75.9 Å². The molecule has 0 amide bonds. The number of carbonyl (C=O) groups excluding carboxylic acids is 1. The monoisotopic (exact) mass is 506 g/mol. The normalized spacial score (nSPS) is 14.7. The van der Waals surface area contributed by atoms with Gasteiger partial charge in [-0.2, -0.15) is 52.3 Å². The molecule has 0 rings (SSSR count). The van der Waals surface area contributed by atoms with Crippen molar-refractivity contribution in [2.45, 2.75) is 42.4 Å². The third kappa shape index (κ3) is 7.91. The lowest BCUT2D eigenvalue weighted by molar-refractivity contribution is -0.428. The van der Waals surface area contributed by atoms with Crippen molar-refractivity contribution in [1.82, 2.24) is 0 Å². The molecule has 0 saturated carbocycles. The van der Waals surface area contributed by atoms with Crippen LogP contribution in [0.5, 0.6) is 0 Å². The molecule has 0 aliphatic heterocycles. The number of aliphatic hydroxyl groups excluding tert-OH is 1. The minimum atomic E-state index is -7.59. The second kappa shape index (κ2) is 10.1. The fourth-order valence-corrected chi connectivity index (χ4v) is 1.49. The summed E-state index contributed by atoms with van der Waals surface area (Å²) >= 11 is 0. The van der Waals surface area contributed by atoms with Gasteiger partial charge in [-0.15, -0.1) is 0 Å². The fraction of sp³-hybridized carbons (Fsp3) is 0.615. The Kier molecular flexibility index (Phi) is 10.2. The molecule has 0 heterocycles. The Morgan fingerprint density at radius 3 is 1.55 bits per heavy atom. The summed E-state index contributed by atoms with van der Waals surface area (Å²) in [6.07, 6.45) is -20.0. The molecule has 31 heavy (non-hydrogen) atoms. The van der Waals surface area contributed by atoms with Crippen LogP contribution in [0.15, 0.2) is 24.6 Å². The van der Waals surface area contributed by atoms with E-state index in [1.54, 1.807) is 0 Å². The topological polar surface area (TPSA) is 101 Å². The molecule has 1 atom stereocenters. The van der Waals surface area contributed by atoms with Crippen LogP contribution in [-0.2, 0) is 19.6 Å². The van der Waals surface area contributed by atoms with Crippen molar-refractivity contribution in [2.75, 3.05) is 6.61 Å². The highest BCUT2D eigenvalue weighted by Crippen LogP contribution is 2.59.